The van der Waals surface area contributed by atoms with E-state index in [1.54, 1.807) is 27.7 Å². The summed E-state index contributed by atoms with van der Waals surface area (Å²) in [5.74, 6) is -2.24. The number of hydrogen-bond donors (Lipinski definition) is 0. The molecule has 2 aliphatic rings. The molecule has 0 bridgehead atoms. The Morgan fingerprint density at radius 2 is 1.53 bits per heavy atom. The molecular formula is C24H34O8. The summed E-state index contributed by atoms with van der Waals surface area (Å²) in [6.45, 7) is 18.6. The number of cyclic esters (lactones) is 2. The molecule has 4 unspecified atom stereocenters. The first-order valence-electron chi connectivity index (χ1n) is 10.7. The van der Waals surface area contributed by atoms with Crippen LogP contribution in [0.1, 0.15) is 67.7 Å². The van der Waals surface area contributed by atoms with Crippen LogP contribution in [0, 0.1) is 10.8 Å². The largest absolute Gasteiger partial charge is 0.461 e. The predicted molar refractivity (Wildman–Crippen MR) is 115 cm³/mol. The molecule has 2 saturated heterocycles. The van der Waals surface area contributed by atoms with Crippen LogP contribution in [0.5, 0.6) is 0 Å². The second-order valence-electron chi connectivity index (χ2n) is 9.76. The lowest BCUT2D eigenvalue weighted by Crippen LogP contribution is -2.53. The SMILES string of the molecule is C=C(C)C(=O)OC1(CC)COC(=O)C1(C)CCC1OC(=O)C(C)(C)C1(C)OC(=O)C(=C)C. The van der Waals surface area contributed by atoms with Gasteiger partial charge in [-0.1, -0.05) is 20.1 Å². The smallest absolute Gasteiger partial charge is 0.333 e. The third-order valence-corrected chi connectivity index (χ3v) is 7.27. The fourth-order valence-electron chi connectivity index (χ4n) is 4.21. The molecule has 0 amide bonds. The summed E-state index contributed by atoms with van der Waals surface area (Å²) in [5, 5.41) is 0. The molecule has 178 valence electrons. The maximum atomic E-state index is 12.8. The van der Waals surface area contributed by atoms with E-state index in [1.165, 1.54) is 13.8 Å². The van der Waals surface area contributed by atoms with E-state index in [-0.39, 0.29) is 30.6 Å². The lowest BCUT2D eigenvalue weighted by Gasteiger charge is -2.40. The molecule has 8 heteroatoms. The molecule has 32 heavy (non-hydrogen) atoms. The molecule has 0 radical (unpaired) electrons. The number of rotatable bonds is 8. The molecule has 2 aliphatic heterocycles. The zero-order chi connectivity index (χ0) is 24.7. The summed E-state index contributed by atoms with van der Waals surface area (Å²) in [7, 11) is 0. The second-order valence-corrected chi connectivity index (χ2v) is 9.76. The van der Waals surface area contributed by atoms with Gasteiger partial charge in [0.15, 0.2) is 11.2 Å². The van der Waals surface area contributed by atoms with E-state index < -0.39 is 52.0 Å². The van der Waals surface area contributed by atoms with E-state index in [4.69, 9.17) is 18.9 Å². The van der Waals surface area contributed by atoms with Crippen molar-refractivity contribution in [3.05, 3.63) is 24.3 Å². The van der Waals surface area contributed by atoms with Crippen molar-refractivity contribution in [2.45, 2.75) is 85.0 Å². The van der Waals surface area contributed by atoms with Crippen molar-refractivity contribution in [1.82, 2.24) is 0 Å². The first-order valence-corrected chi connectivity index (χ1v) is 10.7. The Bertz CT molecular complexity index is 871. The fraction of sp³-hybridized carbons (Fsp3) is 0.667. The monoisotopic (exact) mass is 450 g/mol. The molecule has 8 nitrogen and oxygen atoms in total. The Labute approximate surface area is 189 Å². The third kappa shape index (κ3) is 3.84. The number of carbonyl (C=O) groups is 4. The van der Waals surface area contributed by atoms with Gasteiger partial charge in [-0.3, -0.25) is 9.59 Å². The van der Waals surface area contributed by atoms with E-state index in [0.29, 0.717) is 6.42 Å². The van der Waals surface area contributed by atoms with Gasteiger partial charge < -0.3 is 18.9 Å². The van der Waals surface area contributed by atoms with Crippen LogP contribution in [0.3, 0.4) is 0 Å². The van der Waals surface area contributed by atoms with Gasteiger partial charge in [0.2, 0.25) is 0 Å². The number of esters is 4. The van der Waals surface area contributed by atoms with E-state index in [1.807, 2.05) is 6.92 Å². The van der Waals surface area contributed by atoms with Gasteiger partial charge in [0, 0.05) is 11.1 Å². The average Bonchev–Trinajstić information content (AvgIpc) is 3.04. The first-order chi connectivity index (χ1) is 14.6. The van der Waals surface area contributed by atoms with Crippen LogP contribution in [-0.4, -0.2) is 47.8 Å². The Balaban J connectivity index is 2.35. The van der Waals surface area contributed by atoms with Crippen molar-refractivity contribution < 1.29 is 38.1 Å². The van der Waals surface area contributed by atoms with Gasteiger partial charge in [-0.05, 0) is 60.8 Å². The molecule has 4 atom stereocenters. The highest BCUT2D eigenvalue weighted by molar-refractivity contribution is 5.89. The van der Waals surface area contributed by atoms with Crippen LogP contribution in [0.25, 0.3) is 0 Å². The normalized spacial score (nSPS) is 33.3. The summed E-state index contributed by atoms with van der Waals surface area (Å²) in [4.78, 5) is 50.1. The Hall–Kier alpha value is -2.64. The van der Waals surface area contributed by atoms with Crippen LogP contribution in [0.15, 0.2) is 24.3 Å². The van der Waals surface area contributed by atoms with Crippen LogP contribution < -0.4 is 0 Å². The minimum Gasteiger partial charge on any atom is -0.461 e. The summed E-state index contributed by atoms with van der Waals surface area (Å²) < 4.78 is 22.4. The average molecular weight is 451 g/mol. The van der Waals surface area contributed by atoms with Crippen LogP contribution in [0.2, 0.25) is 0 Å². The van der Waals surface area contributed by atoms with Crippen LogP contribution in [0.4, 0.5) is 0 Å². The summed E-state index contributed by atoms with van der Waals surface area (Å²) in [5.41, 5.74) is -4.38. The standard InChI is InChI=1S/C24H34O8/c1-10-24(32-18(26)15(4)5)13-29-20(28)22(24,8)12-11-16-23(9,31-17(25)14(2)3)21(6,7)19(27)30-16/h16H,2,4,10-13H2,1,3,5-9H3. The van der Waals surface area contributed by atoms with Gasteiger partial charge in [0.1, 0.15) is 23.5 Å². The summed E-state index contributed by atoms with van der Waals surface area (Å²) in [6, 6.07) is 0. The third-order valence-electron chi connectivity index (χ3n) is 7.27. The molecular weight excluding hydrogens is 416 g/mol. The molecule has 0 aliphatic carbocycles. The van der Waals surface area contributed by atoms with Gasteiger partial charge in [-0.15, -0.1) is 0 Å². The minimum absolute atomic E-state index is 0.0737. The number of ether oxygens (including phenoxy) is 4. The topological polar surface area (TPSA) is 105 Å². The highest BCUT2D eigenvalue weighted by Gasteiger charge is 2.65. The minimum atomic E-state index is -1.29. The van der Waals surface area contributed by atoms with Crippen molar-refractivity contribution in [2.75, 3.05) is 6.61 Å². The molecule has 2 heterocycles. The molecule has 0 N–H and O–H groups in total. The van der Waals surface area contributed by atoms with Crippen molar-refractivity contribution >= 4 is 23.9 Å². The number of carbonyl (C=O) groups excluding carboxylic acids is 4. The molecule has 0 saturated carbocycles. The van der Waals surface area contributed by atoms with Gasteiger partial charge in [-0.25, -0.2) is 9.59 Å². The molecule has 0 aromatic rings. The zero-order valence-electron chi connectivity index (χ0n) is 20.1. The highest BCUT2D eigenvalue weighted by atomic mass is 16.6. The van der Waals surface area contributed by atoms with Crippen molar-refractivity contribution in [3.63, 3.8) is 0 Å². The summed E-state index contributed by atoms with van der Waals surface area (Å²) in [6.07, 6.45) is -0.110. The Kier molecular flexibility index (Phi) is 6.70. The van der Waals surface area contributed by atoms with E-state index >= 15 is 0 Å². The molecule has 0 aromatic carbocycles. The second kappa shape index (κ2) is 8.37. The van der Waals surface area contributed by atoms with Gasteiger partial charge in [0.25, 0.3) is 0 Å². The van der Waals surface area contributed by atoms with Crippen molar-refractivity contribution in [1.29, 1.82) is 0 Å². The maximum absolute atomic E-state index is 12.8. The number of hydrogen-bond acceptors (Lipinski definition) is 8. The quantitative estimate of drug-likeness (QED) is 0.315. The van der Waals surface area contributed by atoms with Crippen molar-refractivity contribution in [2.24, 2.45) is 10.8 Å². The fourth-order valence-corrected chi connectivity index (χ4v) is 4.21. The Morgan fingerprint density at radius 3 is 2.03 bits per heavy atom. The van der Waals surface area contributed by atoms with Crippen molar-refractivity contribution in [3.8, 4) is 0 Å². The van der Waals surface area contributed by atoms with Gasteiger partial charge in [-0.2, -0.15) is 0 Å². The summed E-state index contributed by atoms with van der Waals surface area (Å²) >= 11 is 0. The first kappa shape index (κ1) is 25.6. The Morgan fingerprint density at radius 1 is 1.00 bits per heavy atom. The molecule has 0 aromatic heterocycles. The lowest BCUT2D eigenvalue weighted by molar-refractivity contribution is -0.174. The maximum Gasteiger partial charge on any atom is 0.333 e. The van der Waals surface area contributed by atoms with E-state index in [9.17, 15) is 19.2 Å². The molecule has 0 spiro atoms. The molecule has 2 fully saturated rings. The van der Waals surface area contributed by atoms with E-state index in [0.717, 1.165) is 0 Å². The van der Waals surface area contributed by atoms with Crippen LogP contribution >= 0.6 is 0 Å². The van der Waals surface area contributed by atoms with Gasteiger partial charge in [0.05, 0.1) is 0 Å². The zero-order valence-corrected chi connectivity index (χ0v) is 20.1. The van der Waals surface area contributed by atoms with Crippen LogP contribution in [-0.2, 0) is 38.1 Å². The van der Waals surface area contributed by atoms with E-state index in [2.05, 4.69) is 13.2 Å². The predicted octanol–water partition coefficient (Wildman–Crippen LogP) is 3.43. The lowest BCUT2D eigenvalue weighted by atomic mass is 9.68. The molecule has 2 rings (SSSR count). The van der Waals surface area contributed by atoms with Gasteiger partial charge >= 0.3 is 23.9 Å². The highest BCUT2D eigenvalue weighted by Crippen LogP contribution is 2.51.